The molecular formula is C12H22N4O2S. The molecule has 0 bridgehead atoms. The highest BCUT2D eigenvalue weighted by atomic mass is 32.2. The lowest BCUT2D eigenvalue weighted by atomic mass is 10.2. The molecule has 0 saturated carbocycles. The summed E-state index contributed by atoms with van der Waals surface area (Å²) in [5, 5.41) is 12.6. The number of rotatable bonds is 8. The second-order valence-corrected chi connectivity index (χ2v) is 5.20. The molecule has 2 atom stereocenters. The van der Waals surface area contributed by atoms with Crippen molar-refractivity contribution in [3.63, 3.8) is 0 Å². The van der Waals surface area contributed by atoms with E-state index in [0.717, 1.165) is 0 Å². The minimum Gasteiger partial charge on any atom is -0.395 e. The van der Waals surface area contributed by atoms with Crippen molar-refractivity contribution in [1.29, 1.82) is 0 Å². The van der Waals surface area contributed by atoms with Crippen molar-refractivity contribution in [1.82, 2.24) is 9.97 Å². The first-order valence-corrected chi connectivity index (χ1v) is 7.50. The third-order valence-corrected chi connectivity index (χ3v) is 3.81. The van der Waals surface area contributed by atoms with Gasteiger partial charge < -0.3 is 20.9 Å². The summed E-state index contributed by atoms with van der Waals surface area (Å²) in [4.78, 5) is 8.45. The molecule has 4 N–H and O–H groups in total. The number of hydrogen-bond donors (Lipinski definition) is 3. The topological polar surface area (TPSA) is 93.3 Å². The first-order chi connectivity index (χ1) is 9.10. The van der Waals surface area contributed by atoms with Gasteiger partial charge in [0.2, 0.25) is 0 Å². The number of thioether (sulfide) groups is 1. The number of nitrogens with zero attached hydrogens (tertiary/aromatic N) is 2. The Morgan fingerprint density at radius 3 is 2.84 bits per heavy atom. The summed E-state index contributed by atoms with van der Waals surface area (Å²) in [5.74, 6) is 1.62. The van der Waals surface area contributed by atoms with E-state index < -0.39 is 0 Å². The Morgan fingerprint density at radius 2 is 2.26 bits per heavy atom. The Labute approximate surface area is 118 Å². The number of nitrogens with two attached hydrogens (primary N) is 1. The average Bonchev–Trinajstić information content (AvgIpc) is 2.37. The molecule has 0 aliphatic carbocycles. The van der Waals surface area contributed by atoms with E-state index in [-0.39, 0.29) is 17.9 Å². The fraction of sp³-hybridized carbons (Fsp3) is 0.667. The fourth-order valence-electron chi connectivity index (χ4n) is 1.61. The van der Waals surface area contributed by atoms with Crippen molar-refractivity contribution >= 4 is 23.4 Å². The molecule has 0 radical (unpaired) electrons. The number of aliphatic hydroxyl groups excluding tert-OH is 1. The standard InChI is InChI=1S/C12H22N4O2S/c1-4-18-7-12-15-10(13)5-11(16-12)14-8(2)9(6-17)19-3/h5,8-9,17H,4,6-7H2,1-3H3,(H3,13,14,15,16). The van der Waals surface area contributed by atoms with Crippen LogP contribution in [-0.4, -0.2) is 45.8 Å². The molecule has 0 aliphatic rings. The summed E-state index contributed by atoms with van der Waals surface area (Å²) >= 11 is 1.61. The van der Waals surface area contributed by atoms with E-state index in [0.29, 0.717) is 30.7 Å². The van der Waals surface area contributed by atoms with Gasteiger partial charge >= 0.3 is 0 Å². The van der Waals surface area contributed by atoms with Crippen LogP contribution in [0.25, 0.3) is 0 Å². The van der Waals surface area contributed by atoms with Crippen LogP contribution in [0.5, 0.6) is 0 Å². The number of anilines is 2. The molecule has 7 heteroatoms. The predicted octanol–water partition coefficient (Wildman–Crippen LogP) is 1.12. The number of hydrogen-bond acceptors (Lipinski definition) is 7. The highest BCUT2D eigenvalue weighted by Crippen LogP contribution is 2.16. The third kappa shape index (κ3) is 5.22. The van der Waals surface area contributed by atoms with E-state index in [9.17, 15) is 5.11 Å². The maximum absolute atomic E-state index is 9.26. The normalized spacial score (nSPS) is 14.1. The van der Waals surface area contributed by atoms with Crippen molar-refractivity contribution in [2.24, 2.45) is 0 Å². The monoisotopic (exact) mass is 286 g/mol. The zero-order valence-corrected chi connectivity index (χ0v) is 12.4. The quantitative estimate of drug-likeness (QED) is 0.659. The predicted molar refractivity (Wildman–Crippen MR) is 79.2 cm³/mol. The molecule has 1 aromatic rings. The van der Waals surface area contributed by atoms with Crippen LogP contribution >= 0.6 is 11.8 Å². The molecule has 1 rings (SSSR count). The van der Waals surface area contributed by atoms with E-state index in [1.165, 1.54) is 0 Å². The van der Waals surface area contributed by atoms with Gasteiger partial charge in [-0.3, -0.25) is 0 Å². The van der Waals surface area contributed by atoms with Crippen molar-refractivity contribution in [3.05, 3.63) is 11.9 Å². The Kier molecular flexibility index (Phi) is 6.90. The lowest BCUT2D eigenvalue weighted by molar-refractivity contribution is 0.128. The molecule has 2 unspecified atom stereocenters. The van der Waals surface area contributed by atoms with Gasteiger partial charge in [-0.25, -0.2) is 9.97 Å². The molecule has 1 aromatic heterocycles. The molecule has 0 aliphatic heterocycles. The van der Waals surface area contributed by atoms with Crippen LogP contribution in [0.1, 0.15) is 19.7 Å². The fourth-order valence-corrected chi connectivity index (χ4v) is 2.24. The van der Waals surface area contributed by atoms with Gasteiger partial charge in [-0.15, -0.1) is 0 Å². The Hall–Kier alpha value is -1.05. The molecule has 0 amide bonds. The molecular weight excluding hydrogens is 264 g/mol. The molecule has 0 fully saturated rings. The van der Waals surface area contributed by atoms with Crippen molar-refractivity contribution in [2.45, 2.75) is 31.7 Å². The first kappa shape index (κ1) is 16.0. The molecule has 6 nitrogen and oxygen atoms in total. The van der Waals surface area contributed by atoms with E-state index >= 15 is 0 Å². The van der Waals surface area contributed by atoms with Gasteiger partial charge in [0, 0.05) is 24.0 Å². The summed E-state index contributed by atoms with van der Waals surface area (Å²) in [6.45, 7) is 4.98. The van der Waals surface area contributed by atoms with Crippen LogP contribution in [-0.2, 0) is 11.3 Å². The van der Waals surface area contributed by atoms with Crippen LogP contribution in [0.15, 0.2) is 6.07 Å². The summed E-state index contributed by atoms with van der Waals surface area (Å²) in [7, 11) is 0. The minimum absolute atomic E-state index is 0.0780. The van der Waals surface area contributed by atoms with Crippen LogP contribution in [0, 0.1) is 0 Å². The van der Waals surface area contributed by atoms with E-state index in [1.54, 1.807) is 17.8 Å². The zero-order valence-electron chi connectivity index (χ0n) is 11.6. The van der Waals surface area contributed by atoms with E-state index in [4.69, 9.17) is 10.5 Å². The Balaban J connectivity index is 2.74. The highest BCUT2D eigenvalue weighted by Gasteiger charge is 2.16. The molecule has 1 heterocycles. The summed E-state index contributed by atoms with van der Waals surface area (Å²) in [6.07, 6.45) is 1.97. The minimum atomic E-state index is 0.0780. The lowest BCUT2D eigenvalue weighted by Gasteiger charge is -2.22. The van der Waals surface area contributed by atoms with Gasteiger partial charge in [-0.05, 0) is 20.1 Å². The van der Waals surface area contributed by atoms with E-state index in [2.05, 4.69) is 15.3 Å². The van der Waals surface area contributed by atoms with Crippen LogP contribution in [0.2, 0.25) is 0 Å². The van der Waals surface area contributed by atoms with Gasteiger partial charge in [-0.1, -0.05) is 0 Å². The second-order valence-electron chi connectivity index (χ2n) is 4.12. The summed E-state index contributed by atoms with van der Waals surface area (Å²) in [5.41, 5.74) is 5.75. The number of aliphatic hydroxyl groups is 1. The number of nitrogen functional groups attached to an aromatic ring is 1. The molecule has 19 heavy (non-hydrogen) atoms. The largest absolute Gasteiger partial charge is 0.395 e. The van der Waals surface area contributed by atoms with Crippen LogP contribution in [0.3, 0.4) is 0 Å². The first-order valence-electron chi connectivity index (χ1n) is 6.22. The SMILES string of the molecule is CCOCc1nc(N)cc(NC(C)C(CO)SC)n1. The zero-order chi connectivity index (χ0) is 14.3. The maximum atomic E-state index is 9.26. The van der Waals surface area contributed by atoms with Gasteiger partial charge in [0.15, 0.2) is 5.82 Å². The van der Waals surface area contributed by atoms with Crippen molar-refractivity contribution in [2.75, 3.05) is 30.5 Å². The maximum Gasteiger partial charge on any atom is 0.158 e. The van der Waals surface area contributed by atoms with Gasteiger partial charge in [0.25, 0.3) is 0 Å². The highest BCUT2D eigenvalue weighted by molar-refractivity contribution is 7.99. The van der Waals surface area contributed by atoms with Crippen LogP contribution < -0.4 is 11.1 Å². The Morgan fingerprint density at radius 1 is 1.53 bits per heavy atom. The lowest BCUT2D eigenvalue weighted by Crippen LogP contribution is -2.31. The smallest absolute Gasteiger partial charge is 0.158 e. The second kappa shape index (κ2) is 8.19. The van der Waals surface area contributed by atoms with Crippen molar-refractivity contribution in [3.8, 4) is 0 Å². The van der Waals surface area contributed by atoms with Crippen LogP contribution in [0.4, 0.5) is 11.6 Å². The third-order valence-electron chi connectivity index (χ3n) is 2.64. The van der Waals surface area contributed by atoms with Crippen molar-refractivity contribution < 1.29 is 9.84 Å². The summed E-state index contributed by atoms with van der Waals surface area (Å²) < 4.78 is 5.27. The number of nitrogens with one attached hydrogen (secondary N) is 1. The molecule has 0 spiro atoms. The molecule has 0 aromatic carbocycles. The molecule has 0 saturated heterocycles. The van der Waals surface area contributed by atoms with Gasteiger partial charge in [0.05, 0.1) is 6.61 Å². The number of aromatic nitrogens is 2. The average molecular weight is 286 g/mol. The van der Waals surface area contributed by atoms with E-state index in [1.807, 2.05) is 20.1 Å². The summed E-state index contributed by atoms with van der Waals surface area (Å²) in [6, 6.07) is 1.76. The number of ether oxygens (including phenoxy) is 1. The van der Waals surface area contributed by atoms with Gasteiger partial charge in [-0.2, -0.15) is 11.8 Å². The molecule has 108 valence electrons. The van der Waals surface area contributed by atoms with Gasteiger partial charge in [0.1, 0.15) is 18.2 Å². The Bertz CT molecular complexity index is 388.